The maximum atomic E-state index is 11.3. The summed E-state index contributed by atoms with van der Waals surface area (Å²) in [6, 6.07) is 0. The molecule has 1 aliphatic carbocycles. The van der Waals surface area contributed by atoms with Gasteiger partial charge in [-0.15, -0.1) is 24.0 Å². The number of hydrogen-bond acceptors (Lipinski definition) is 3. The lowest BCUT2D eigenvalue weighted by molar-refractivity contribution is -0.125. The largest absolute Gasteiger partial charge is 0.379 e. The Hall–Kier alpha value is -0.570. The van der Waals surface area contributed by atoms with Crippen molar-refractivity contribution in [2.24, 2.45) is 22.1 Å². The normalized spacial score (nSPS) is 15.2. The third-order valence-electron chi connectivity index (χ3n) is 3.61. The molecule has 7 heteroatoms. The molecule has 1 amide bonds. The van der Waals surface area contributed by atoms with Gasteiger partial charge < -0.3 is 20.7 Å². The van der Waals surface area contributed by atoms with Crippen LogP contribution < -0.4 is 11.1 Å². The van der Waals surface area contributed by atoms with Crippen LogP contribution in [0.5, 0.6) is 0 Å². The van der Waals surface area contributed by atoms with Gasteiger partial charge in [0.25, 0.3) is 0 Å². The number of nitrogens with zero attached hydrogens (tertiary/aromatic N) is 2. The van der Waals surface area contributed by atoms with Gasteiger partial charge in [0.2, 0.25) is 5.91 Å². The van der Waals surface area contributed by atoms with E-state index >= 15 is 0 Å². The summed E-state index contributed by atoms with van der Waals surface area (Å²) in [6.45, 7) is 9.12. The number of carbonyl (C=O) groups is 1. The maximum Gasteiger partial charge on any atom is 0.224 e. The molecule has 0 unspecified atom stereocenters. The molecule has 0 aromatic heterocycles. The van der Waals surface area contributed by atoms with Gasteiger partial charge in [-0.3, -0.25) is 9.79 Å². The summed E-state index contributed by atoms with van der Waals surface area (Å²) in [6.07, 6.45) is 2.62. The van der Waals surface area contributed by atoms with E-state index in [1.54, 1.807) is 13.8 Å². The Kier molecular flexibility index (Phi) is 9.99. The van der Waals surface area contributed by atoms with Crippen molar-refractivity contribution in [3.63, 3.8) is 0 Å². The molecule has 1 rings (SSSR count). The summed E-state index contributed by atoms with van der Waals surface area (Å²) in [4.78, 5) is 17.9. The van der Waals surface area contributed by atoms with Crippen molar-refractivity contribution in [1.82, 2.24) is 10.2 Å². The zero-order chi connectivity index (χ0) is 15.9. The first kappa shape index (κ1) is 21.4. The van der Waals surface area contributed by atoms with E-state index in [4.69, 9.17) is 10.5 Å². The highest BCUT2D eigenvalue weighted by Crippen LogP contribution is 2.28. The van der Waals surface area contributed by atoms with Gasteiger partial charge in [-0.1, -0.05) is 0 Å². The maximum absolute atomic E-state index is 11.3. The van der Waals surface area contributed by atoms with E-state index < -0.39 is 5.41 Å². The molecule has 130 valence electrons. The zero-order valence-electron chi connectivity index (χ0n) is 14.2. The van der Waals surface area contributed by atoms with Gasteiger partial charge in [-0.05, 0) is 39.5 Å². The lowest BCUT2D eigenvalue weighted by atomic mass is 9.93. The van der Waals surface area contributed by atoms with Crippen LogP contribution in [0.25, 0.3) is 0 Å². The first-order valence-electron chi connectivity index (χ1n) is 7.74. The smallest absolute Gasteiger partial charge is 0.224 e. The molecule has 1 saturated carbocycles. The topological polar surface area (TPSA) is 79.9 Å². The average molecular weight is 426 g/mol. The van der Waals surface area contributed by atoms with Crippen LogP contribution in [-0.2, 0) is 9.53 Å². The summed E-state index contributed by atoms with van der Waals surface area (Å²) in [7, 11) is 1.97. The second-order valence-electron chi connectivity index (χ2n) is 6.36. The van der Waals surface area contributed by atoms with Crippen LogP contribution in [-0.4, -0.2) is 56.7 Å². The standard InChI is InChI=1S/C15H30N4O2.HI/c1-5-17-14(18-11-15(2,3)13(16)20)19(4)8-9-21-10-12-6-7-12;/h12H,5-11H2,1-4H3,(H2,16,20)(H,17,18);1H. The number of likely N-dealkylation sites (N-methyl/N-ethyl adjacent to an activating group) is 1. The number of nitrogens with one attached hydrogen (secondary N) is 1. The van der Waals surface area contributed by atoms with Crippen LogP contribution in [0.3, 0.4) is 0 Å². The van der Waals surface area contributed by atoms with Crippen LogP contribution in [0, 0.1) is 11.3 Å². The highest BCUT2D eigenvalue weighted by atomic mass is 127. The Labute approximate surface area is 151 Å². The number of halogens is 1. The van der Waals surface area contributed by atoms with E-state index in [9.17, 15) is 4.79 Å². The van der Waals surface area contributed by atoms with Crippen molar-refractivity contribution in [3.05, 3.63) is 0 Å². The molecule has 0 aliphatic heterocycles. The molecule has 22 heavy (non-hydrogen) atoms. The summed E-state index contributed by atoms with van der Waals surface area (Å²) in [5.74, 6) is 1.23. The number of ether oxygens (including phenoxy) is 1. The first-order chi connectivity index (χ1) is 9.86. The molecule has 0 bridgehead atoms. The number of rotatable bonds is 9. The number of hydrogen-bond donors (Lipinski definition) is 2. The van der Waals surface area contributed by atoms with Gasteiger partial charge in [-0.2, -0.15) is 0 Å². The molecule has 0 heterocycles. The Bertz CT molecular complexity index is 371. The fraction of sp³-hybridized carbons (Fsp3) is 0.867. The quantitative estimate of drug-likeness (QED) is 0.253. The third kappa shape index (κ3) is 8.17. The van der Waals surface area contributed by atoms with E-state index in [1.165, 1.54) is 12.8 Å². The molecule has 0 atom stereocenters. The second-order valence-corrected chi connectivity index (χ2v) is 6.36. The fourth-order valence-electron chi connectivity index (χ4n) is 1.66. The van der Waals surface area contributed by atoms with Gasteiger partial charge in [0.1, 0.15) is 0 Å². The van der Waals surface area contributed by atoms with Crippen LogP contribution in [0.15, 0.2) is 4.99 Å². The van der Waals surface area contributed by atoms with E-state index in [1.807, 2.05) is 18.9 Å². The molecular formula is C15H31IN4O2. The average Bonchev–Trinajstić information content (AvgIpc) is 3.23. The summed E-state index contributed by atoms with van der Waals surface area (Å²) < 4.78 is 5.64. The zero-order valence-corrected chi connectivity index (χ0v) is 16.6. The van der Waals surface area contributed by atoms with Crippen molar-refractivity contribution < 1.29 is 9.53 Å². The van der Waals surface area contributed by atoms with E-state index in [0.29, 0.717) is 13.2 Å². The molecule has 0 saturated heterocycles. The number of primary amides is 1. The van der Waals surface area contributed by atoms with Crippen molar-refractivity contribution >= 4 is 35.8 Å². The predicted octanol–water partition coefficient (Wildman–Crippen LogP) is 1.44. The SMILES string of the molecule is CCNC(=NCC(C)(C)C(N)=O)N(C)CCOCC1CC1.I. The minimum atomic E-state index is -0.635. The minimum absolute atomic E-state index is 0. The Balaban J connectivity index is 0.00000441. The highest BCUT2D eigenvalue weighted by molar-refractivity contribution is 14.0. The summed E-state index contributed by atoms with van der Waals surface area (Å²) in [5.41, 5.74) is 4.74. The lowest BCUT2D eigenvalue weighted by Crippen LogP contribution is -2.42. The van der Waals surface area contributed by atoms with Gasteiger partial charge in [0.05, 0.1) is 18.6 Å². The van der Waals surface area contributed by atoms with Gasteiger partial charge in [0, 0.05) is 26.7 Å². The predicted molar refractivity (Wildman–Crippen MR) is 101 cm³/mol. The summed E-state index contributed by atoms with van der Waals surface area (Å²) in [5, 5.41) is 3.22. The molecule has 6 nitrogen and oxygen atoms in total. The van der Waals surface area contributed by atoms with E-state index in [2.05, 4.69) is 10.3 Å². The van der Waals surface area contributed by atoms with E-state index in [0.717, 1.165) is 31.6 Å². The lowest BCUT2D eigenvalue weighted by Gasteiger charge is -2.24. The van der Waals surface area contributed by atoms with Crippen molar-refractivity contribution in [2.45, 2.75) is 33.6 Å². The Morgan fingerprint density at radius 2 is 2.09 bits per heavy atom. The monoisotopic (exact) mass is 426 g/mol. The van der Waals surface area contributed by atoms with Crippen LogP contribution in [0.4, 0.5) is 0 Å². The van der Waals surface area contributed by atoms with Crippen LogP contribution in [0.2, 0.25) is 0 Å². The Morgan fingerprint density at radius 1 is 1.45 bits per heavy atom. The molecule has 0 aromatic rings. The third-order valence-corrected chi connectivity index (χ3v) is 3.61. The fourth-order valence-corrected chi connectivity index (χ4v) is 1.66. The Morgan fingerprint density at radius 3 is 2.59 bits per heavy atom. The van der Waals surface area contributed by atoms with E-state index in [-0.39, 0.29) is 29.9 Å². The molecular weight excluding hydrogens is 395 g/mol. The van der Waals surface area contributed by atoms with Crippen LogP contribution in [0.1, 0.15) is 33.6 Å². The molecule has 1 aliphatic rings. The van der Waals surface area contributed by atoms with Crippen molar-refractivity contribution in [1.29, 1.82) is 0 Å². The molecule has 3 N–H and O–H groups in total. The number of amides is 1. The van der Waals surface area contributed by atoms with Gasteiger partial charge in [0.15, 0.2) is 5.96 Å². The van der Waals surface area contributed by atoms with Gasteiger partial charge >= 0.3 is 0 Å². The molecule has 1 fully saturated rings. The second kappa shape index (κ2) is 10.3. The van der Waals surface area contributed by atoms with Crippen LogP contribution >= 0.6 is 24.0 Å². The number of carbonyl (C=O) groups excluding carboxylic acids is 1. The molecule has 0 radical (unpaired) electrons. The summed E-state index contributed by atoms with van der Waals surface area (Å²) >= 11 is 0. The molecule has 0 spiro atoms. The number of aliphatic imine (C=N–C) groups is 1. The highest BCUT2D eigenvalue weighted by Gasteiger charge is 2.25. The molecule has 0 aromatic carbocycles. The number of nitrogens with two attached hydrogens (primary N) is 1. The number of guanidine groups is 1. The van der Waals surface area contributed by atoms with Gasteiger partial charge in [-0.25, -0.2) is 0 Å². The minimum Gasteiger partial charge on any atom is -0.379 e. The van der Waals surface area contributed by atoms with Crippen molar-refractivity contribution in [2.75, 3.05) is 39.9 Å². The van der Waals surface area contributed by atoms with Crippen molar-refractivity contribution in [3.8, 4) is 0 Å². The first-order valence-corrected chi connectivity index (χ1v) is 7.74.